The lowest BCUT2D eigenvalue weighted by Crippen LogP contribution is -2.18. The first kappa shape index (κ1) is 20.2. The third-order valence-electron chi connectivity index (χ3n) is 4.84. The second-order valence-electron chi connectivity index (χ2n) is 6.80. The van der Waals surface area contributed by atoms with Crippen LogP contribution in [0.5, 0.6) is 5.75 Å². The lowest BCUT2D eigenvalue weighted by molar-refractivity contribution is -0.139. The summed E-state index contributed by atoms with van der Waals surface area (Å²) < 4.78 is 54.3. The summed E-state index contributed by atoms with van der Waals surface area (Å²) >= 11 is 0. The highest BCUT2D eigenvalue weighted by Crippen LogP contribution is 2.35. The number of pyridine rings is 1. The number of nitriles is 1. The fourth-order valence-electron chi connectivity index (χ4n) is 3.39. The molecule has 0 atom stereocenters. The molecule has 1 aromatic heterocycles. The van der Waals surface area contributed by atoms with Gasteiger partial charge in [0.2, 0.25) is 0 Å². The van der Waals surface area contributed by atoms with Crippen molar-refractivity contribution in [1.82, 2.24) is 4.57 Å². The number of aromatic hydroxyl groups is 1. The number of hydrogen-bond acceptors (Lipinski definition) is 3. The third-order valence-corrected chi connectivity index (χ3v) is 4.84. The number of phenolic OH excluding ortho intramolecular Hbond substituents is 1. The molecule has 1 N–H and O–H groups in total. The summed E-state index contributed by atoms with van der Waals surface area (Å²) in [5.74, 6) is -1.62. The zero-order valence-corrected chi connectivity index (χ0v) is 15.6. The van der Waals surface area contributed by atoms with Gasteiger partial charge in [-0.1, -0.05) is 12.1 Å². The maximum absolute atomic E-state index is 14.2. The first-order valence-electron chi connectivity index (χ1n) is 8.95. The summed E-state index contributed by atoms with van der Waals surface area (Å²) in [7, 11) is 0. The second kappa shape index (κ2) is 7.29. The minimum atomic E-state index is -4.85. The fraction of sp³-hybridized carbons (Fsp3) is 0.0435. The molecule has 0 aliphatic carbocycles. The van der Waals surface area contributed by atoms with Crippen LogP contribution in [0.25, 0.3) is 27.6 Å². The minimum Gasteiger partial charge on any atom is -0.508 e. The van der Waals surface area contributed by atoms with Crippen molar-refractivity contribution in [3.63, 3.8) is 0 Å². The van der Waals surface area contributed by atoms with Crippen LogP contribution in [0.1, 0.15) is 11.1 Å². The molecule has 0 saturated heterocycles. The van der Waals surface area contributed by atoms with Crippen molar-refractivity contribution in [1.29, 1.82) is 5.26 Å². The van der Waals surface area contributed by atoms with Crippen LogP contribution in [0.2, 0.25) is 0 Å². The van der Waals surface area contributed by atoms with Gasteiger partial charge in [0.05, 0.1) is 17.2 Å². The molecule has 8 heteroatoms. The standard InChI is InChI=1S/C23H12F4N2O2/c24-21-9-14(4-7-20(21)23(25,26)27)19-12-29(15-3-1-2-13(8-15)11-28)22(31)17-6-5-16(30)10-18(17)19/h1-10,12,30H. The van der Waals surface area contributed by atoms with Crippen LogP contribution >= 0.6 is 0 Å². The van der Waals surface area contributed by atoms with Crippen molar-refractivity contribution >= 4 is 10.8 Å². The van der Waals surface area contributed by atoms with E-state index in [4.69, 9.17) is 5.26 Å². The molecule has 4 aromatic rings. The van der Waals surface area contributed by atoms with Crippen molar-refractivity contribution in [3.05, 3.63) is 94.2 Å². The van der Waals surface area contributed by atoms with E-state index in [0.29, 0.717) is 17.3 Å². The molecule has 0 spiro atoms. The molecule has 0 aliphatic rings. The van der Waals surface area contributed by atoms with Gasteiger partial charge < -0.3 is 5.11 Å². The Morgan fingerprint density at radius 2 is 1.74 bits per heavy atom. The van der Waals surface area contributed by atoms with Gasteiger partial charge in [0.25, 0.3) is 5.56 Å². The number of rotatable bonds is 2. The number of phenols is 1. The predicted octanol–water partition coefficient (Wildman–Crippen LogP) is 5.39. The number of halogens is 4. The normalized spacial score (nSPS) is 11.5. The number of hydrogen-bond donors (Lipinski definition) is 1. The number of nitrogens with zero attached hydrogens (tertiary/aromatic N) is 2. The largest absolute Gasteiger partial charge is 0.508 e. The van der Waals surface area contributed by atoms with E-state index in [9.17, 15) is 27.5 Å². The monoisotopic (exact) mass is 424 g/mol. The summed E-state index contributed by atoms with van der Waals surface area (Å²) in [5.41, 5.74) is -0.892. The van der Waals surface area contributed by atoms with E-state index in [0.717, 1.165) is 12.1 Å². The molecular weight excluding hydrogens is 412 g/mol. The molecule has 31 heavy (non-hydrogen) atoms. The molecule has 0 bridgehead atoms. The molecule has 0 unspecified atom stereocenters. The van der Waals surface area contributed by atoms with Gasteiger partial charge in [-0.15, -0.1) is 0 Å². The van der Waals surface area contributed by atoms with Crippen LogP contribution in [-0.2, 0) is 6.18 Å². The number of aromatic nitrogens is 1. The van der Waals surface area contributed by atoms with Crippen LogP contribution in [-0.4, -0.2) is 9.67 Å². The summed E-state index contributed by atoms with van der Waals surface area (Å²) in [6, 6.07) is 14.6. The molecule has 154 valence electrons. The number of fused-ring (bicyclic) bond motifs is 1. The number of benzene rings is 3. The van der Waals surface area contributed by atoms with E-state index in [1.54, 1.807) is 18.2 Å². The summed E-state index contributed by atoms with van der Waals surface area (Å²) in [6.07, 6.45) is -3.50. The van der Waals surface area contributed by atoms with Crippen LogP contribution < -0.4 is 5.56 Å². The van der Waals surface area contributed by atoms with E-state index >= 15 is 0 Å². The Hall–Kier alpha value is -4.12. The van der Waals surface area contributed by atoms with Gasteiger partial charge in [-0.2, -0.15) is 18.4 Å². The lowest BCUT2D eigenvalue weighted by Gasteiger charge is -2.15. The first-order chi connectivity index (χ1) is 14.7. The summed E-state index contributed by atoms with van der Waals surface area (Å²) in [6.45, 7) is 0. The predicted molar refractivity (Wildman–Crippen MR) is 106 cm³/mol. The SMILES string of the molecule is N#Cc1cccc(-n2cc(-c3ccc(C(F)(F)F)c(F)c3)c3cc(O)ccc3c2=O)c1. The van der Waals surface area contributed by atoms with Gasteiger partial charge in [-0.25, -0.2) is 4.39 Å². The van der Waals surface area contributed by atoms with E-state index in [1.165, 1.54) is 35.0 Å². The van der Waals surface area contributed by atoms with E-state index in [-0.39, 0.29) is 27.6 Å². The quantitative estimate of drug-likeness (QED) is 0.439. The third kappa shape index (κ3) is 3.62. The Labute approximate surface area is 172 Å². The lowest BCUT2D eigenvalue weighted by atomic mass is 9.98. The van der Waals surface area contributed by atoms with Gasteiger partial charge in [0.1, 0.15) is 11.6 Å². The van der Waals surface area contributed by atoms with E-state index in [1.807, 2.05) is 6.07 Å². The molecule has 0 amide bonds. The molecule has 3 aromatic carbocycles. The van der Waals surface area contributed by atoms with Crippen LogP contribution in [0.4, 0.5) is 17.6 Å². The molecule has 0 aliphatic heterocycles. The van der Waals surface area contributed by atoms with Crippen molar-refractivity contribution in [3.8, 4) is 28.6 Å². The Bertz CT molecular complexity index is 1430. The minimum absolute atomic E-state index is 0.0892. The van der Waals surface area contributed by atoms with E-state index in [2.05, 4.69) is 0 Å². The molecule has 0 radical (unpaired) electrons. The summed E-state index contributed by atoms with van der Waals surface area (Å²) in [4.78, 5) is 13.1. The molecule has 0 saturated carbocycles. The molecule has 1 heterocycles. The van der Waals surface area contributed by atoms with Gasteiger partial charge in [-0.05, 0) is 54.1 Å². The van der Waals surface area contributed by atoms with E-state index < -0.39 is 23.1 Å². The van der Waals surface area contributed by atoms with Crippen molar-refractivity contribution in [2.24, 2.45) is 0 Å². The zero-order chi connectivity index (χ0) is 22.3. The highest BCUT2D eigenvalue weighted by molar-refractivity contribution is 5.97. The van der Waals surface area contributed by atoms with Crippen LogP contribution in [0.15, 0.2) is 71.7 Å². The maximum Gasteiger partial charge on any atom is 0.419 e. The van der Waals surface area contributed by atoms with Crippen molar-refractivity contribution in [2.45, 2.75) is 6.18 Å². The Kier molecular flexibility index (Phi) is 4.74. The van der Waals surface area contributed by atoms with Gasteiger partial charge in [-0.3, -0.25) is 9.36 Å². The molecular formula is C23H12F4N2O2. The van der Waals surface area contributed by atoms with Crippen LogP contribution in [0.3, 0.4) is 0 Å². The van der Waals surface area contributed by atoms with Gasteiger partial charge in [0, 0.05) is 28.2 Å². The Morgan fingerprint density at radius 1 is 0.968 bits per heavy atom. The molecule has 0 fully saturated rings. The topological polar surface area (TPSA) is 66.0 Å². The smallest absolute Gasteiger partial charge is 0.419 e. The average Bonchev–Trinajstić information content (AvgIpc) is 2.73. The highest BCUT2D eigenvalue weighted by atomic mass is 19.4. The Morgan fingerprint density at radius 3 is 2.42 bits per heavy atom. The zero-order valence-electron chi connectivity index (χ0n) is 15.6. The Balaban J connectivity index is 2.04. The molecule has 4 nitrogen and oxygen atoms in total. The van der Waals surface area contributed by atoms with Crippen molar-refractivity contribution in [2.75, 3.05) is 0 Å². The van der Waals surface area contributed by atoms with Gasteiger partial charge >= 0.3 is 6.18 Å². The summed E-state index contributed by atoms with van der Waals surface area (Å²) in [5, 5.41) is 19.4. The second-order valence-corrected chi connectivity index (χ2v) is 6.80. The fourth-order valence-corrected chi connectivity index (χ4v) is 3.39. The van der Waals surface area contributed by atoms with Crippen LogP contribution in [0, 0.1) is 17.1 Å². The van der Waals surface area contributed by atoms with Crippen molar-refractivity contribution < 1.29 is 22.7 Å². The number of alkyl halides is 3. The first-order valence-corrected chi connectivity index (χ1v) is 8.95. The average molecular weight is 424 g/mol. The maximum atomic E-state index is 14.2. The van der Waals surface area contributed by atoms with Gasteiger partial charge in [0.15, 0.2) is 0 Å². The molecule has 4 rings (SSSR count). The highest BCUT2D eigenvalue weighted by Gasteiger charge is 2.34.